The molecular weight excluding hydrogens is 468 g/mol. The van der Waals surface area contributed by atoms with E-state index in [2.05, 4.69) is 27.3 Å². The van der Waals surface area contributed by atoms with E-state index in [4.69, 9.17) is 9.72 Å². The summed E-state index contributed by atoms with van der Waals surface area (Å²) in [5, 5.41) is 20.2. The van der Waals surface area contributed by atoms with Crippen molar-refractivity contribution in [3.05, 3.63) is 77.5 Å². The van der Waals surface area contributed by atoms with Crippen molar-refractivity contribution in [2.75, 3.05) is 6.61 Å². The first-order valence-electron chi connectivity index (χ1n) is 12.6. The number of hydrogen-bond donors (Lipinski definition) is 1. The van der Waals surface area contributed by atoms with Crippen LogP contribution in [0.5, 0.6) is 5.75 Å². The number of carboxylic acid groups (broad SMARTS) is 1. The zero-order valence-electron chi connectivity index (χ0n) is 20.7. The van der Waals surface area contributed by atoms with Crippen LogP contribution in [-0.4, -0.2) is 47.2 Å². The maximum Gasteiger partial charge on any atom is 0.305 e. The number of aromatic nitrogens is 6. The molecule has 1 atom stereocenters. The molecule has 0 radical (unpaired) electrons. The molecule has 4 aromatic heterocycles. The molecule has 1 aliphatic rings. The number of ether oxygens (including phenoxy) is 1. The van der Waals surface area contributed by atoms with Gasteiger partial charge in [-0.2, -0.15) is 10.2 Å². The minimum absolute atomic E-state index is 0.115. The molecule has 0 aliphatic heterocycles. The molecule has 1 unspecified atom stereocenters. The van der Waals surface area contributed by atoms with Crippen molar-refractivity contribution < 1.29 is 14.6 Å². The number of benzene rings is 1. The van der Waals surface area contributed by atoms with Gasteiger partial charge in [0.2, 0.25) is 0 Å². The van der Waals surface area contributed by atoms with Gasteiger partial charge in [0.1, 0.15) is 5.75 Å². The second-order valence-electron chi connectivity index (χ2n) is 9.59. The highest BCUT2D eigenvalue weighted by Gasteiger charge is 2.22. The van der Waals surface area contributed by atoms with Crippen molar-refractivity contribution in [2.24, 2.45) is 7.05 Å². The van der Waals surface area contributed by atoms with Crippen molar-refractivity contribution in [1.82, 2.24) is 29.5 Å². The van der Waals surface area contributed by atoms with E-state index in [0.717, 1.165) is 58.2 Å². The van der Waals surface area contributed by atoms with Crippen LogP contribution in [0.25, 0.3) is 21.9 Å². The predicted octanol–water partition coefficient (Wildman–Crippen LogP) is 4.28. The van der Waals surface area contributed by atoms with E-state index in [-0.39, 0.29) is 6.42 Å². The van der Waals surface area contributed by atoms with Gasteiger partial charge in [-0.3, -0.25) is 19.1 Å². The molecule has 188 valence electrons. The standard InChI is InChI=1S/C28H28N6O3/c1-33-28-21(17-30-33)12-19(15-29-28)26(14-27(35)36)34-25-9-8-23(13-20(25)16-31-34)37-11-10-22-7-6-18-4-2-3-5-24(18)32-22/h6-9,12-13,15-17,26H,2-5,10-11,14H2,1H3,(H,35,36). The lowest BCUT2D eigenvalue weighted by Crippen LogP contribution is -2.16. The molecule has 0 bridgehead atoms. The molecular formula is C28H28N6O3. The molecule has 9 heteroatoms. The maximum absolute atomic E-state index is 11.7. The van der Waals surface area contributed by atoms with Gasteiger partial charge in [-0.1, -0.05) is 6.07 Å². The summed E-state index contributed by atoms with van der Waals surface area (Å²) in [7, 11) is 1.83. The Morgan fingerprint density at radius 1 is 1.05 bits per heavy atom. The molecule has 1 aromatic carbocycles. The number of carbonyl (C=O) groups is 1. The lowest BCUT2D eigenvalue weighted by atomic mass is 9.96. The van der Waals surface area contributed by atoms with Crippen LogP contribution in [0.4, 0.5) is 0 Å². The molecule has 4 heterocycles. The monoisotopic (exact) mass is 496 g/mol. The number of carboxylic acids is 1. The Morgan fingerprint density at radius 3 is 2.81 bits per heavy atom. The Bertz CT molecular complexity index is 1600. The number of aliphatic carboxylic acids is 1. The molecule has 1 N–H and O–H groups in total. The van der Waals surface area contributed by atoms with Gasteiger partial charge in [-0.15, -0.1) is 0 Å². The summed E-state index contributed by atoms with van der Waals surface area (Å²) in [5.41, 5.74) is 6.04. The molecule has 0 fully saturated rings. The summed E-state index contributed by atoms with van der Waals surface area (Å²) in [5.74, 6) is -0.158. The third kappa shape index (κ3) is 4.64. The van der Waals surface area contributed by atoms with E-state index < -0.39 is 12.0 Å². The summed E-state index contributed by atoms with van der Waals surface area (Å²) in [4.78, 5) is 21.1. The predicted molar refractivity (Wildman–Crippen MR) is 139 cm³/mol. The van der Waals surface area contributed by atoms with Gasteiger partial charge < -0.3 is 9.84 Å². The van der Waals surface area contributed by atoms with Crippen LogP contribution in [0.3, 0.4) is 0 Å². The van der Waals surface area contributed by atoms with Crippen molar-refractivity contribution in [1.29, 1.82) is 0 Å². The van der Waals surface area contributed by atoms with Crippen LogP contribution in [0.2, 0.25) is 0 Å². The number of aryl methyl sites for hydroxylation is 3. The first-order chi connectivity index (χ1) is 18.0. The van der Waals surface area contributed by atoms with Crippen LogP contribution in [0.15, 0.2) is 55.0 Å². The Kier molecular flexibility index (Phi) is 6.04. The minimum Gasteiger partial charge on any atom is -0.493 e. The molecule has 0 saturated heterocycles. The summed E-state index contributed by atoms with van der Waals surface area (Å²) < 4.78 is 9.49. The summed E-state index contributed by atoms with van der Waals surface area (Å²) in [6.07, 6.45) is 10.5. The molecule has 6 rings (SSSR count). The second-order valence-corrected chi connectivity index (χ2v) is 9.59. The number of fused-ring (bicyclic) bond motifs is 3. The first kappa shape index (κ1) is 23.1. The molecule has 0 saturated carbocycles. The summed E-state index contributed by atoms with van der Waals surface area (Å²) in [6, 6.07) is 11.5. The average Bonchev–Trinajstić information content (AvgIpc) is 3.50. The highest BCUT2D eigenvalue weighted by atomic mass is 16.5. The lowest BCUT2D eigenvalue weighted by molar-refractivity contribution is -0.137. The van der Waals surface area contributed by atoms with Gasteiger partial charge in [0, 0.05) is 41.8 Å². The Morgan fingerprint density at radius 2 is 1.92 bits per heavy atom. The smallest absolute Gasteiger partial charge is 0.305 e. The van der Waals surface area contributed by atoms with Gasteiger partial charge in [0.25, 0.3) is 0 Å². The Hall–Kier alpha value is -4.27. The molecule has 1 aliphatic carbocycles. The maximum atomic E-state index is 11.7. The number of rotatable bonds is 8. The van der Waals surface area contributed by atoms with E-state index >= 15 is 0 Å². The molecule has 0 amide bonds. The number of hydrogen-bond acceptors (Lipinski definition) is 6. The number of nitrogens with zero attached hydrogens (tertiary/aromatic N) is 6. The fraction of sp³-hybridized carbons (Fsp3) is 0.321. The van der Waals surface area contributed by atoms with Crippen LogP contribution in [-0.2, 0) is 31.1 Å². The van der Waals surface area contributed by atoms with E-state index in [0.29, 0.717) is 6.61 Å². The van der Waals surface area contributed by atoms with Crippen LogP contribution in [0, 0.1) is 0 Å². The van der Waals surface area contributed by atoms with Gasteiger partial charge in [0.05, 0.1) is 37.0 Å². The molecule has 0 spiro atoms. The van der Waals surface area contributed by atoms with E-state index in [9.17, 15) is 9.90 Å². The fourth-order valence-electron chi connectivity index (χ4n) is 5.16. The highest BCUT2D eigenvalue weighted by molar-refractivity contribution is 5.81. The van der Waals surface area contributed by atoms with Crippen molar-refractivity contribution in [3.8, 4) is 5.75 Å². The van der Waals surface area contributed by atoms with Gasteiger partial charge in [0.15, 0.2) is 5.65 Å². The molecule has 37 heavy (non-hydrogen) atoms. The van der Waals surface area contributed by atoms with Crippen LogP contribution in [0.1, 0.15) is 47.8 Å². The normalized spacial score (nSPS) is 14.1. The largest absolute Gasteiger partial charge is 0.493 e. The van der Waals surface area contributed by atoms with Crippen molar-refractivity contribution in [3.63, 3.8) is 0 Å². The second kappa shape index (κ2) is 9.65. The highest BCUT2D eigenvalue weighted by Crippen LogP contribution is 2.29. The SMILES string of the molecule is Cn1ncc2cc(C(CC(=O)O)n3ncc4cc(OCCc5ccc6c(n5)CCCC6)ccc43)cnc21. The minimum atomic E-state index is -0.907. The van der Waals surface area contributed by atoms with Crippen LogP contribution >= 0.6 is 0 Å². The van der Waals surface area contributed by atoms with Crippen molar-refractivity contribution >= 4 is 27.9 Å². The van der Waals surface area contributed by atoms with Gasteiger partial charge >= 0.3 is 5.97 Å². The molecule has 9 nitrogen and oxygen atoms in total. The van der Waals surface area contributed by atoms with E-state index in [1.165, 1.54) is 24.1 Å². The zero-order chi connectivity index (χ0) is 25.4. The fourth-order valence-corrected chi connectivity index (χ4v) is 5.16. The Labute approximate surface area is 213 Å². The van der Waals surface area contributed by atoms with Gasteiger partial charge in [-0.05, 0) is 67.1 Å². The zero-order valence-corrected chi connectivity index (χ0v) is 20.7. The van der Waals surface area contributed by atoms with E-state index in [1.54, 1.807) is 28.0 Å². The topological polar surface area (TPSA) is 108 Å². The lowest BCUT2D eigenvalue weighted by Gasteiger charge is -2.17. The number of pyridine rings is 2. The quantitative estimate of drug-likeness (QED) is 0.342. The summed E-state index contributed by atoms with van der Waals surface area (Å²) in [6.45, 7) is 0.532. The Balaban J connectivity index is 1.21. The third-order valence-electron chi connectivity index (χ3n) is 7.07. The van der Waals surface area contributed by atoms with Gasteiger partial charge in [-0.25, -0.2) is 4.98 Å². The summed E-state index contributed by atoms with van der Waals surface area (Å²) >= 11 is 0. The van der Waals surface area contributed by atoms with Crippen molar-refractivity contribution in [2.45, 2.75) is 44.6 Å². The molecule has 5 aromatic rings. The first-order valence-corrected chi connectivity index (χ1v) is 12.6. The van der Waals surface area contributed by atoms with E-state index in [1.807, 2.05) is 31.3 Å². The third-order valence-corrected chi connectivity index (χ3v) is 7.07. The average molecular weight is 497 g/mol. The van der Waals surface area contributed by atoms with Crippen LogP contribution < -0.4 is 4.74 Å².